The smallest absolute Gasteiger partial charge is 0.128 e. The predicted octanol–water partition coefficient (Wildman–Crippen LogP) is 2.41. The second kappa shape index (κ2) is 4.77. The average Bonchev–Trinajstić information content (AvgIpc) is 2.19. The monoisotopic (exact) mass is 195 g/mol. The van der Waals surface area contributed by atoms with Crippen LogP contribution in [0.15, 0.2) is 30.9 Å². The molecule has 0 aliphatic rings. The van der Waals surface area contributed by atoms with Crippen LogP contribution in [0, 0.1) is 5.82 Å². The van der Waals surface area contributed by atoms with Crippen molar-refractivity contribution in [1.82, 2.24) is 0 Å². The molecule has 0 aliphatic heterocycles. The minimum absolute atomic E-state index is 0.305. The van der Waals surface area contributed by atoms with Crippen molar-refractivity contribution in [3.8, 4) is 5.75 Å². The molecule has 76 valence electrons. The minimum Gasteiger partial charge on any atom is -0.497 e. The molecule has 0 fully saturated rings. The molecule has 0 spiro atoms. The van der Waals surface area contributed by atoms with Crippen molar-refractivity contribution in [3.63, 3.8) is 0 Å². The van der Waals surface area contributed by atoms with Crippen LogP contribution in [0.25, 0.3) is 0 Å². The van der Waals surface area contributed by atoms with E-state index in [2.05, 4.69) is 6.58 Å². The van der Waals surface area contributed by atoms with Crippen molar-refractivity contribution >= 4 is 0 Å². The summed E-state index contributed by atoms with van der Waals surface area (Å²) in [6, 6.07) is 4.18. The van der Waals surface area contributed by atoms with E-state index in [9.17, 15) is 4.39 Å². The van der Waals surface area contributed by atoms with E-state index in [0.717, 1.165) is 0 Å². The van der Waals surface area contributed by atoms with Crippen molar-refractivity contribution in [1.29, 1.82) is 0 Å². The van der Waals surface area contributed by atoms with Crippen LogP contribution in [0.2, 0.25) is 0 Å². The zero-order chi connectivity index (χ0) is 10.6. The summed E-state index contributed by atoms with van der Waals surface area (Å²) in [5.74, 6) is 0.307. The molecule has 1 rings (SSSR count). The molecule has 0 saturated heterocycles. The highest BCUT2D eigenvalue weighted by Crippen LogP contribution is 2.23. The van der Waals surface area contributed by atoms with E-state index in [1.165, 1.54) is 13.2 Å². The van der Waals surface area contributed by atoms with E-state index < -0.39 is 0 Å². The Morgan fingerprint density at radius 2 is 2.36 bits per heavy atom. The van der Waals surface area contributed by atoms with Crippen molar-refractivity contribution < 1.29 is 9.13 Å². The zero-order valence-corrected chi connectivity index (χ0v) is 8.16. The molecular weight excluding hydrogens is 181 g/mol. The van der Waals surface area contributed by atoms with Crippen LogP contribution in [-0.4, -0.2) is 7.11 Å². The number of benzene rings is 1. The third kappa shape index (κ3) is 2.33. The van der Waals surface area contributed by atoms with E-state index >= 15 is 0 Å². The van der Waals surface area contributed by atoms with E-state index in [1.807, 2.05) is 0 Å². The van der Waals surface area contributed by atoms with Gasteiger partial charge in [0, 0.05) is 11.6 Å². The first-order valence-electron chi connectivity index (χ1n) is 4.39. The molecule has 0 radical (unpaired) electrons. The second-order valence-electron chi connectivity index (χ2n) is 3.02. The lowest BCUT2D eigenvalue weighted by atomic mass is 10.0. The normalized spacial score (nSPS) is 12.2. The Labute approximate surface area is 83.2 Å². The van der Waals surface area contributed by atoms with Gasteiger partial charge < -0.3 is 10.5 Å². The predicted molar refractivity (Wildman–Crippen MR) is 54.7 cm³/mol. The molecule has 1 atom stereocenters. The van der Waals surface area contributed by atoms with Gasteiger partial charge in [-0.1, -0.05) is 6.08 Å². The molecule has 1 aromatic rings. The van der Waals surface area contributed by atoms with E-state index in [-0.39, 0.29) is 11.9 Å². The fourth-order valence-corrected chi connectivity index (χ4v) is 1.24. The summed E-state index contributed by atoms with van der Waals surface area (Å²) in [6.45, 7) is 3.56. The molecule has 1 aromatic carbocycles. The van der Waals surface area contributed by atoms with Crippen LogP contribution in [-0.2, 0) is 0 Å². The quantitative estimate of drug-likeness (QED) is 0.749. The molecule has 0 amide bonds. The van der Waals surface area contributed by atoms with Crippen molar-refractivity contribution in [2.75, 3.05) is 7.11 Å². The fourth-order valence-electron chi connectivity index (χ4n) is 1.24. The number of ether oxygens (including phenoxy) is 1. The number of rotatable bonds is 4. The second-order valence-corrected chi connectivity index (χ2v) is 3.02. The number of nitrogens with two attached hydrogens (primary N) is 1. The van der Waals surface area contributed by atoms with Gasteiger partial charge in [0.1, 0.15) is 11.6 Å². The molecule has 0 aliphatic carbocycles. The first-order chi connectivity index (χ1) is 6.69. The Morgan fingerprint density at radius 3 is 2.93 bits per heavy atom. The Morgan fingerprint density at radius 1 is 1.64 bits per heavy atom. The Bertz CT molecular complexity index is 325. The summed E-state index contributed by atoms with van der Waals surface area (Å²) in [7, 11) is 1.54. The summed E-state index contributed by atoms with van der Waals surface area (Å²) in [5.41, 5.74) is 6.23. The van der Waals surface area contributed by atoms with Crippen molar-refractivity contribution in [3.05, 3.63) is 42.2 Å². The maximum absolute atomic E-state index is 13.3. The summed E-state index contributed by atoms with van der Waals surface area (Å²) >= 11 is 0. The first-order valence-corrected chi connectivity index (χ1v) is 4.39. The van der Waals surface area contributed by atoms with Gasteiger partial charge >= 0.3 is 0 Å². The highest BCUT2D eigenvalue weighted by molar-refractivity contribution is 5.32. The lowest BCUT2D eigenvalue weighted by Gasteiger charge is -2.11. The van der Waals surface area contributed by atoms with Gasteiger partial charge in [0.05, 0.1) is 7.11 Å². The maximum Gasteiger partial charge on any atom is 0.128 e. The molecule has 0 heterocycles. The third-order valence-electron chi connectivity index (χ3n) is 2.02. The lowest BCUT2D eigenvalue weighted by molar-refractivity contribution is 0.412. The lowest BCUT2D eigenvalue weighted by Crippen LogP contribution is -2.11. The van der Waals surface area contributed by atoms with Crippen LogP contribution >= 0.6 is 0 Å². The highest BCUT2D eigenvalue weighted by Gasteiger charge is 2.10. The van der Waals surface area contributed by atoms with Gasteiger partial charge in [-0.2, -0.15) is 0 Å². The van der Waals surface area contributed by atoms with Gasteiger partial charge in [-0.05, 0) is 24.6 Å². The number of hydrogen-bond donors (Lipinski definition) is 1. The first kappa shape index (κ1) is 10.7. The molecule has 0 aromatic heterocycles. The minimum atomic E-state index is -0.359. The van der Waals surface area contributed by atoms with Crippen molar-refractivity contribution in [2.45, 2.75) is 12.5 Å². The van der Waals surface area contributed by atoms with E-state index in [1.54, 1.807) is 18.2 Å². The maximum atomic E-state index is 13.3. The number of methoxy groups -OCH3 is 1. The summed E-state index contributed by atoms with van der Waals surface area (Å²) < 4.78 is 18.3. The molecule has 2 nitrogen and oxygen atoms in total. The summed E-state index contributed by atoms with van der Waals surface area (Å²) in [5, 5.41) is 0. The summed E-state index contributed by atoms with van der Waals surface area (Å²) in [4.78, 5) is 0. The highest BCUT2D eigenvalue weighted by atomic mass is 19.1. The number of hydrogen-bond acceptors (Lipinski definition) is 2. The van der Waals surface area contributed by atoms with Crippen molar-refractivity contribution in [2.24, 2.45) is 5.73 Å². The Kier molecular flexibility index (Phi) is 3.65. The van der Waals surface area contributed by atoms with Gasteiger partial charge in [-0.25, -0.2) is 4.39 Å². The molecule has 14 heavy (non-hydrogen) atoms. The molecule has 0 saturated carbocycles. The van der Waals surface area contributed by atoms with Gasteiger partial charge in [-0.3, -0.25) is 0 Å². The van der Waals surface area contributed by atoms with Gasteiger partial charge in [0.15, 0.2) is 0 Å². The Hall–Kier alpha value is -1.35. The molecule has 1 unspecified atom stereocenters. The van der Waals surface area contributed by atoms with Crippen LogP contribution < -0.4 is 10.5 Å². The van der Waals surface area contributed by atoms with E-state index in [4.69, 9.17) is 10.5 Å². The third-order valence-corrected chi connectivity index (χ3v) is 2.02. The Balaban J connectivity index is 2.98. The number of halogens is 1. The van der Waals surface area contributed by atoms with Gasteiger partial charge in [-0.15, -0.1) is 6.58 Å². The fraction of sp³-hybridized carbons (Fsp3) is 0.273. The summed E-state index contributed by atoms with van der Waals surface area (Å²) in [6.07, 6.45) is 2.22. The van der Waals surface area contributed by atoms with Crippen LogP contribution in [0.4, 0.5) is 4.39 Å². The topological polar surface area (TPSA) is 35.2 Å². The van der Waals surface area contributed by atoms with Crippen LogP contribution in [0.5, 0.6) is 5.75 Å². The molecule has 2 N–H and O–H groups in total. The molecule has 3 heteroatoms. The van der Waals surface area contributed by atoms with E-state index in [0.29, 0.717) is 17.7 Å². The largest absolute Gasteiger partial charge is 0.497 e. The zero-order valence-electron chi connectivity index (χ0n) is 8.16. The SMILES string of the molecule is C=CCC(N)c1cc(OC)ccc1F. The van der Waals surface area contributed by atoms with Crippen LogP contribution in [0.3, 0.4) is 0 Å². The van der Waals surface area contributed by atoms with Gasteiger partial charge in [0.2, 0.25) is 0 Å². The molecular formula is C11H14FNO. The standard InChI is InChI=1S/C11H14FNO/c1-3-4-11(13)9-7-8(14-2)5-6-10(9)12/h3,5-7,11H,1,4,13H2,2H3. The van der Waals surface area contributed by atoms with Crippen LogP contribution in [0.1, 0.15) is 18.0 Å². The molecule has 0 bridgehead atoms. The van der Waals surface area contributed by atoms with Gasteiger partial charge in [0.25, 0.3) is 0 Å². The average molecular weight is 195 g/mol.